The molecule has 2 fully saturated rings. The molecule has 4 atom stereocenters. The molecule has 2 saturated heterocycles. The fourth-order valence-corrected chi connectivity index (χ4v) is 8.79. The Labute approximate surface area is 243 Å². The molecule has 5 rings (SSSR count). The third-order valence-corrected chi connectivity index (χ3v) is 11.0. The normalized spacial score (nSPS) is 27.8. The van der Waals surface area contributed by atoms with E-state index in [1.165, 1.54) is 0 Å². The van der Waals surface area contributed by atoms with Gasteiger partial charge in [-0.1, -0.05) is 18.2 Å². The second-order valence-electron chi connectivity index (χ2n) is 10.6. The van der Waals surface area contributed by atoms with Gasteiger partial charge in [0.1, 0.15) is 16.6 Å². The van der Waals surface area contributed by atoms with Crippen LogP contribution in [0.2, 0.25) is 0 Å². The summed E-state index contributed by atoms with van der Waals surface area (Å²) in [4.78, 5) is 26.6. The van der Waals surface area contributed by atoms with E-state index in [0.29, 0.717) is 6.07 Å². The molecule has 2 amide bonds. The third-order valence-electron chi connectivity index (χ3n) is 8.48. The van der Waals surface area contributed by atoms with Gasteiger partial charge in [0.25, 0.3) is 5.91 Å². The largest absolute Gasteiger partial charge is 0.435 e. The Bertz CT molecular complexity index is 1670. The van der Waals surface area contributed by atoms with Crippen LogP contribution in [0.1, 0.15) is 40.1 Å². The zero-order chi connectivity index (χ0) is 34.4. The second kappa shape index (κ2) is 9.86. The van der Waals surface area contributed by atoms with E-state index >= 15 is 0 Å². The number of amides is 2. The molecule has 2 aromatic rings. The van der Waals surface area contributed by atoms with E-state index < -0.39 is 124 Å². The molecular formula is C27H23F9N2O4S. The van der Waals surface area contributed by atoms with Crippen molar-refractivity contribution in [3.8, 4) is 0 Å². The molecule has 2 aromatic carbocycles. The number of alkyl halides is 8. The number of sulfone groups is 1. The lowest BCUT2D eigenvalue weighted by atomic mass is 9.76. The first kappa shape index (κ1) is 27.3. The highest BCUT2D eigenvalue weighted by molar-refractivity contribution is 7.92. The van der Waals surface area contributed by atoms with Gasteiger partial charge >= 0.3 is 18.0 Å². The van der Waals surface area contributed by atoms with Crippen molar-refractivity contribution in [2.75, 3.05) is 13.5 Å². The molecule has 16 heteroatoms. The van der Waals surface area contributed by atoms with Crippen LogP contribution in [0, 0.1) is 5.82 Å². The van der Waals surface area contributed by atoms with Gasteiger partial charge in [-0.25, -0.2) is 21.6 Å². The molecule has 2 heterocycles. The zero-order valence-electron chi connectivity index (χ0n) is 24.6. The molecule has 0 unspecified atom stereocenters. The summed E-state index contributed by atoms with van der Waals surface area (Å²) in [6.07, 6.45) is -17.6. The number of rotatable bonds is 4. The summed E-state index contributed by atoms with van der Waals surface area (Å²) >= 11 is 0. The third kappa shape index (κ3) is 4.33. The average Bonchev–Trinajstić information content (AvgIpc) is 3.49. The topological polar surface area (TPSA) is 74.8 Å². The summed E-state index contributed by atoms with van der Waals surface area (Å²) in [6, 6.07) is 1.01. The lowest BCUT2D eigenvalue weighted by Crippen LogP contribution is -2.55. The van der Waals surface area contributed by atoms with Gasteiger partial charge in [-0.2, -0.15) is 26.3 Å². The minimum absolute atomic E-state index is 0.0760. The molecule has 1 aliphatic carbocycles. The number of nitrogens with zero attached hydrogens (tertiary/aromatic N) is 2. The molecule has 3 aliphatic rings. The number of fused-ring (bicyclic) bond motifs is 3. The van der Waals surface area contributed by atoms with E-state index in [0.717, 1.165) is 29.2 Å². The van der Waals surface area contributed by atoms with Gasteiger partial charge in [-0.3, -0.25) is 9.59 Å². The van der Waals surface area contributed by atoms with Crippen LogP contribution in [0.25, 0.3) is 0 Å². The predicted octanol–water partition coefficient (Wildman–Crippen LogP) is 4.90. The number of hydrogen-bond donors (Lipinski definition) is 0. The van der Waals surface area contributed by atoms with Crippen molar-refractivity contribution in [2.45, 2.75) is 71.6 Å². The van der Waals surface area contributed by atoms with Crippen LogP contribution in [-0.2, 0) is 36.3 Å². The first-order valence-electron chi connectivity index (χ1n) is 14.2. The van der Waals surface area contributed by atoms with Crippen LogP contribution in [0.15, 0.2) is 47.4 Å². The van der Waals surface area contributed by atoms with Gasteiger partial charge < -0.3 is 9.80 Å². The Balaban J connectivity index is 1.68. The van der Waals surface area contributed by atoms with Crippen LogP contribution in [0.4, 0.5) is 39.5 Å². The van der Waals surface area contributed by atoms with Crippen molar-refractivity contribution < 1.29 is 61.6 Å². The predicted molar refractivity (Wildman–Crippen MR) is 131 cm³/mol. The summed E-state index contributed by atoms with van der Waals surface area (Å²) < 4.78 is 174. The molecule has 0 bridgehead atoms. The highest BCUT2D eigenvalue weighted by atomic mass is 32.2. The number of aryl methyl sites for hydroxylation is 1. The van der Waals surface area contributed by atoms with Gasteiger partial charge in [0.15, 0.2) is 16.0 Å². The van der Waals surface area contributed by atoms with Gasteiger partial charge in [-0.05, 0) is 54.7 Å². The standard InChI is InChI=1S/C27H23F9N2O4S/c1-37-20(13-19(29)22(37)39)23(40)38-11-10-24(43(41,42)17-6-4-16(28)5-7-17)18-8-3-15(12-14(18)2-9-21(24)38)25(30,26(31,32)33)27(34,35)36/h3-8,12,19-21H,2,9-11,13H2,1H3/t19-,20-,21+,24+/m0/s1/i1D3. The van der Waals surface area contributed by atoms with Crippen LogP contribution < -0.4 is 0 Å². The van der Waals surface area contributed by atoms with E-state index in [2.05, 4.69) is 0 Å². The highest BCUT2D eigenvalue weighted by Crippen LogP contribution is 2.57. The number of carbonyl (C=O) groups excluding carboxylic acids is 2. The number of hydrogen-bond acceptors (Lipinski definition) is 4. The van der Waals surface area contributed by atoms with Crippen molar-refractivity contribution in [3.63, 3.8) is 0 Å². The molecule has 0 spiro atoms. The van der Waals surface area contributed by atoms with Crippen molar-refractivity contribution in [1.29, 1.82) is 0 Å². The van der Waals surface area contributed by atoms with Crippen molar-refractivity contribution >= 4 is 21.7 Å². The highest BCUT2D eigenvalue weighted by Gasteiger charge is 2.74. The Morgan fingerprint density at radius 2 is 1.65 bits per heavy atom. The minimum atomic E-state index is -6.45. The van der Waals surface area contributed by atoms with Crippen LogP contribution in [-0.4, -0.2) is 74.2 Å². The van der Waals surface area contributed by atoms with Crippen LogP contribution >= 0.6 is 0 Å². The molecule has 2 aliphatic heterocycles. The molecule has 6 nitrogen and oxygen atoms in total. The maximum absolute atomic E-state index is 15.0. The molecule has 0 N–H and O–H groups in total. The smallest absolute Gasteiger partial charge is 0.336 e. The molecule has 0 aromatic heterocycles. The summed E-state index contributed by atoms with van der Waals surface area (Å²) in [5, 5.41) is 0. The first-order valence-corrected chi connectivity index (χ1v) is 14.2. The monoisotopic (exact) mass is 645 g/mol. The van der Waals surface area contributed by atoms with Gasteiger partial charge in [0.05, 0.1) is 10.9 Å². The molecule has 0 saturated carbocycles. The molecule has 0 radical (unpaired) electrons. The maximum Gasteiger partial charge on any atom is 0.435 e. The zero-order valence-corrected chi connectivity index (χ0v) is 22.5. The van der Waals surface area contributed by atoms with Crippen molar-refractivity contribution in [1.82, 2.24) is 9.80 Å². The number of benzene rings is 2. The Hall–Kier alpha value is -3.30. The fourth-order valence-electron chi connectivity index (χ4n) is 6.43. The SMILES string of the molecule is [2H]C([2H])([2H])N1C(=O)[C@@H](F)C[C@H]1C(=O)N1CC[C@@]2(S(=O)(=O)c3ccc(F)cc3)c3ccc(C(F)(C(F)(F)F)C(F)(F)F)cc3CC[C@@H]12. The van der Waals surface area contributed by atoms with Gasteiger partial charge in [0.2, 0.25) is 5.91 Å². The Kier molecular flexibility index (Phi) is 6.25. The van der Waals surface area contributed by atoms with E-state index in [1.54, 1.807) is 0 Å². The lowest BCUT2D eigenvalue weighted by molar-refractivity contribution is -0.348. The lowest BCUT2D eigenvalue weighted by Gasteiger charge is -2.43. The molecule has 43 heavy (non-hydrogen) atoms. The first-order chi connectivity index (χ1) is 21.0. The molecular weight excluding hydrogens is 619 g/mol. The Morgan fingerprint density at radius 3 is 2.23 bits per heavy atom. The van der Waals surface area contributed by atoms with Crippen molar-refractivity contribution in [3.05, 3.63) is 65.0 Å². The molecule has 234 valence electrons. The van der Waals surface area contributed by atoms with Gasteiger partial charge in [0, 0.05) is 29.6 Å². The fraction of sp³-hybridized carbons (Fsp3) is 0.481. The maximum atomic E-state index is 15.0. The number of carbonyl (C=O) groups is 2. The van der Waals surface area contributed by atoms with E-state index in [-0.39, 0.29) is 22.6 Å². The van der Waals surface area contributed by atoms with Crippen LogP contribution in [0.3, 0.4) is 0 Å². The Morgan fingerprint density at radius 1 is 1.02 bits per heavy atom. The summed E-state index contributed by atoms with van der Waals surface area (Å²) in [5.74, 6) is -3.48. The van der Waals surface area contributed by atoms with E-state index in [4.69, 9.17) is 4.11 Å². The average molecular weight is 646 g/mol. The van der Waals surface area contributed by atoms with E-state index in [9.17, 15) is 57.5 Å². The second-order valence-corrected chi connectivity index (χ2v) is 12.8. The summed E-state index contributed by atoms with van der Waals surface area (Å²) in [7, 11) is -4.81. The summed E-state index contributed by atoms with van der Waals surface area (Å²) in [6.45, 7) is -3.74. The van der Waals surface area contributed by atoms with Crippen LogP contribution in [0.5, 0.6) is 0 Å². The van der Waals surface area contributed by atoms with Gasteiger partial charge in [-0.15, -0.1) is 0 Å². The quantitative estimate of drug-likeness (QED) is 0.351. The number of halogens is 9. The van der Waals surface area contributed by atoms with E-state index in [1.807, 2.05) is 0 Å². The van der Waals surface area contributed by atoms with Crippen molar-refractivity contribution in [2.24, 2.45) is 0 Å². The minimum Gasteiger partial charge on any atom is -0.336 e. The number of likely N-dealkylation sites (tertiary alicyclic amines) is 2. The number of likely N-dealkylation sites (N-methyl/N-ethyl adjacent to an activating group) is 1. The summed E-state index contributed by atoms with van der Waals surface area (Å²) in [5.41, 5.74) is -8.41.